The summed E-state index contributed by atoms with van der Waals surface area (Å²) >= 11 is 0. The third-order valence-electron chi connectivity index (χ3n) is 3.40. The Morgan fingerprint density at radius 1 is 1.29 bits per heavy atom. The number of benzene rings is 1. The summed E-state index contributed by atoms with van der Waals surface area (Å²) in [6, 6.07) is 3.13. The number of hydrogen-bond acceptors (Lipinski definition) is 3. The topological polar surface area (TPSA) is 55.2 Å². The van der Waals surface area contributed by atoms with E-state index in [0.717, 1.165) is 12.1 Å². The molecular weight excluding hydrogens is 285 g/mol. The van der Waals surface area contributed by atoms with Crippen molar-refractivity contribution in [1.82, 2.24) is 5.32 Å². The van der Waals surface area contributed by atoms with E-state index >= 15 is 0 Å². The molecule has 0 spiro atoms. The first-order valence-corrected chi connectivity index (χ1v) is 6.48. The number of halogens is 3. The molecule has 0 saturated carbocycles. The van der Waals surface area contributed by atoms with Crippen LogP contribution in [0.2, 0.25) is 0 Å². The molecule has 0 aromatic heterocycles. The maximum atomic E-state index is 12.9. The Morgan fingerprint density at radius 3 is 2.24 bits per heavy atom. The highest BCUT2D eigenvalue weighted by Gasteiger charge is 2.38. The standard InChI is InChI=1S/C14H19F3N2O2/c1-13(2,3)12(18-4)8-9-5-6-11(19(20)21)10(7-9)14(15,16)17/h5-7,12,18H,8H2,1-4H3. The van der Waals surface area contributed by atoms with Crippen molar-refractivity contribution in [2.45, 2.75) is 39.4 Å². The molecular formula is C14H19F3N2O2. The van der Waals surface area contributed by atoms with Gasteiger partial charge in [0.05, 0.1) is 4.92 Å². The van der Waals surface area contributed by atoms with E-state index in [4.69, 9.17) is 0 Å². The lowest BCUT2D eigenvalue weighted by atomic mass is 9.83. The van der Waals surface area contributed by atoms with Crippen molar-refractivity contribution < 1.29 is 18.1 Å². The second-order valence-corrected chi connectivity index (χ2v) is 6.02. The van der Waals surface area contributed by atoms with Crippen molar-refractivity contribution in [3.05, 3.63) is 39.4 Å². The summed E-state index contributed by atoms with van der Waals surface area (Å²) in [7, 11) is 1.74. The minimum absolute atomic E-state index is 0.0416. The van der Waals surface area contributed by atoms with Gasteiger partial charge in [-0.15, -0.1) is 0 Å². The molecule has 0 amide bonds. The number of likely N-dealkylation sites (N-methyl/N-ethyl adjacent to an activating group) is 1. The van der Waals surface area contributed by atoms with Gasteiger partial charge in [-0.25, -0.2) is 0 Å². The number of nitrogens with one attached hydrogen (secondary N) is 1. The van der Waals surface area contributed by atoms with E-state index in [1.165, 1.54) is 6.07 Å². The van der Waals surface area contributed by atoms with Crippen LogP contribution in [0.3, 0.4) is 0 Å². The molecule has 1 aromatic carbocycles. The SMILES string of the molecule is CNC(Cc1ccc([N+](=O)[O-])c(C(F)(F)F)c1)C(C)(C)C. The lowest BCUT2D eigenvalue weighted by Crippen LogP contribution is -2.39. The van der Waals surface area contributed by atoms with Crippen molar-refractivity contribution in [1.29, 1.82) is 0 Å². The van der Waals surface area contributed by atoms with Crippen LogP contribution in [-0.2, 0) is 12.6 Å². The molecule has 1 unspecified atom stereocenters. The quantitative estimate of drug-likeness (QED) is 0.680. The number of nitrogens with zero attached hydrogens (tertiary/aromatic N) is 1. The van der Waals surface area contributed by atoms with E-state index in [9.17, 15) is 23.3 Å². The summed E-state index contributed by atoms with van der Waals surface area (Å²) in [5, 5.41) is 13.8. The number of nitro groups is 1. The van der Waals surface area contributed by atoms with Crippen LogP contribution in [0.15, 0.2) is 18.2 Å². The first-order valence-electron chi connectivity index (χ1n) is 6.48. The molecule has 1 aromatic rings. The highest BCUT2D eigenvalue weighted by molar-refractivity contribution is 5.45. The van der Waals surface area contributed by atoms with Gasteiger partial charge in [0.2, 0.25) is 0 Å². The number of alkyl halides is 3. The van der Waals surface area contributed by atoms with Crippen LogP contribution in [0.1, 0.15) is 31.9 Å². The number of hydrogen-bond donors (Lipinski definition) is 1. The van der Waals surface area contributed by atoms with Gasteiger partial charge in [0.1, 0.15) is 5.56 Å². The maximum Gasteiger partial charge on any atom is 0.423 e. The molecule has 0 radical (unpaired) electrons. The zero-order chi connectivity index (χ0) is 16.4. The van der Waals surface area contributed by atoms with E-state index < -0.39 is 22.4 Å². The third kappa shape index (κ3) is 4.42. The zero-order valence-corrected chi connectivity index (χ0v) is 12.4. The average molecular weight is 304 g/mol. The fourth-order valence-corrected chi connectivity index (χ4v) is 2.17. The summed E-state index contributed by atoms with van der Waals surface area (Å²) in [5.41, 5.74) is -1.84. The normalized spacial score (nSPS) is 14.0. The highest BCUT2D eigenvalue weighted by Crippen LogP contribution is 2.37. The van der Waals surface area contributed by atoms with Crippen LogP contribution in [0.5, 0.6) is 0 Å². The smallest absolute Gasteiger partial charge is 0.316 e. The molecule has 21 heavy (non-hydrogen) atoms. The second-order valence-electron chi connectivity index (χ2n) is 6.02. The Kier molecular flexibility index (Phi) is 4.99. The van der Waals surface area contributed by atoms with Crippen LogP contribution >= 0.6 is 0 Å². The Morgan fingerprint density at radius 2 is 1.86 bits per heavy atom. The van der Waals surface area contributed by atoms with E-state index in [1.54, 1.807) is 7.05 Å². The molecule has 0 aliphatic heterocycles. The van der Waals surface area contributed by atoms with Crippen LogP contribution < -0.4 is 5.32 Å². The van der Waals surface area contributed by atoms with Crippen LogP contribution in [0, 0.1) is 15.5 Å². The Bertz CT molecular complexity index is 522. The second kappa shape index (κ2) is 6.01. The molecule has 1 N–H and O–H groups in total. The highest BCUT2D eigenvalue weighted by atomic mass is 19.4. The molecule has 1 rings (SSSR count). The Hall–Kier alpha value is -1.63. The van der Waals surface area contributed by atoms with Crippen molar-refractivity contribution in [2.75, 3.05) is 7.05 Å². The van der Waals surface area contributed by atoms with Crippen LogP contribution in [0.4, 0.5) is 18.9 Å². The molecule has 118 valence electrons. The van der Waals surface area contributed by atoms with Crippen molar-refractivity contribution in [3.8, 4) is 0 Å². The summed E-state index contributed by atoms with van der Waals surface area (Å²) < 4.78 is 38.8. The first-order chi connectivity index (χ1) is 9.46. The third-order valence-corrected chi connectivity index (χ3v) is 3.40. The predicted octanol–water partition coefficient (Wildman–Crippen LogP) is 3.79. The molecule has 4 nitrogen and oxygen atoms in total. The zero-order valence-electron chi connectivity index (χ0n) is 12.4. The Balaban J connectivity index is 3.20. The number of rotatable bonds is 4. The predicted molar refractivity (Wildman–Crippen MR) is 74.1 cm³/mol. The number of nitro benzene ring substituents is 1. The first kappa shape index (κ1) is 17.4. The van der Waals surface area contributed by atoms with Crippen molar-refractivity contribution in [2.24, 2.45) is 5.41 Å². The molecule has 0 bridgehead atoms. The lowest BCUT2D eigenvalue weighted by Gasteiger charge is -2.30. The molecule has 0 saturated heterocycles. The van der Waals surface area contributed by atoms with Gasteiger partial charge in [0.25, 0.3) is 5.69 Å². The van der Waals surface area contributed by atoms with Gasteiger partial charge in [-0.05, 0) is 30.5 Å². The van der Waals surface area contributed by atoms with Gasteiger partial charge in [-0.2, -0.15) is 13.2 Å². The van der Waals surface area contributed by atoms with E-state index in [-0.39, 0.29) is 11.5 Å². The van der Waals surface area contributed by atoms with Gasteiger partial charge in [-0.3, -0.25) is 10.1 Å². The van der Waals surface area contributed by atoms with E-state index in [1.807, 2.05) is 20.8 Å². The largest absolute Gasteiger partial charge is 0.423 e. The van der Waals surface area contributed by atoms with Crippen LogP contribution in [-0.4, -0.2) is 18.0 Å². The van der Waals surface area contributed by atoms with Crippen molar-refractivity contribution in [3.63, 3.8) is 0 Å². The van der Waals surface area contributed by atoms with Gasteiger partial charge in [-0.1, -0.05) is 26.8 Å². The monoisotopic (exact) mass is 304 g/mol. The lowest BCUT2D eigenvalue weighted by molar-refractivity contribution is -0.388. The average Bonchev–Trinajstić information content (AvgIpc) is 2.32. The fraction of sp³-hybridized carbons (Fsp3) is 0.571. The van der Waals surface area contributed by atoms with E-state index in [2.05, 4.69) is 5.32 Å². The van der Waals surface area contributed by atoms with E-state index in [0.29, 0.717) is 12.0 Å². The molecule has 7 heteroatoms. The van der Waals surface area contributed by atoms with Gasteiger partial charge >= 0.3 is 6.18 Å². The summed E-state index contributed by atoms with van der Waals surface area (Å²) in [5.74, 6) is 0. The molecule has 0 aliphatic carbocycles. The molecule has 1 atom stereocenters. The van der Waals surface area contributed by atoms with Gasteiger partial charge < -0.3 is 5.32 Å². The fourth-order valence-electron chi connectivity index (χ4n) is 2.17. The minimum Gasteiger partial charge on any atom is -0.316 e. The van der Waals surface area contributed by atoms with Gasteiger partial charge in [0.15, 0.2) is 0 Å². The minimum atomic E-state index is -4.74. The summed E-state index contributed by atoms with van der Waals surface area (Å²) in [6.45, 7) is 5.93. The maximum absolute atomic E-state index is 12.9. The molecule has 0 heterocycles. The Labute approximate surface area is 121 Å². The molecule has 0 fully saturated rings. The van der Waals surface area contributed by atoms with Crippen molar-refractivity contribution >= 4 is 5.69 Å². The van der Waals surface area contributed by atoms with Crippen LogP contribution in [0.25, 0.3) is 0 Å². The van der Waals surface area contributed by atoms with Gasteiger partial charge in [0, 0.05) is 12.1 Å². The summed E-state index contributed by atoms with van der Waals surface area (Å²) in [4.78, 5) is 9.70. The molecule has 0 aliphatic rings. The summed E-state index contributed by atoms with van der Waals surface area (Å²) in [6.07, 6.45) is -4.38.